The number of hydrogen-bond acceptors (Lipinski definition) is 6. The molecule has 0 N–H and O–H groups in total. The average molecular weight is 795 g/mol. The number of rotatable bonds is 41. The van der Waals surface area contributed by atoms with E-state index in [1.807, 2.05) is 0 Å². The summed E-state index contributed by atoms with van der Waals surface area (Å²) in [6.07, 6.45) is 56.0. The van der Waals surface area contributed by atoms with Crippen LogP contribution in [0.3, 0.4) is 0 Å². The number of carbonyl (C=O) groups excluding carboxylic acids is 3. The first-order valence-corrected chi connectivity index (χ1v) is 23.4. The summed E-state index contributed by atoms with van der Waals surface area (Å²) in [7, 11) is 0. The summed E-state index contributed by atoms with van der Waals surface area (Å²) in [5, 5.41) is 0. The molecule has 0 heterocycles. The van der Waals surface area contributed by atoms with Crippen molar-refractivity contribution in [3.63, 3.8) is 0 Å². The van der Waals surface area contributed by atoms with Crippen molar-refractivity contribution in [3.8, 4) is 0 Å². The summed E-state index contributed by atoms with van der Waals surface area (Å²) >= 11 is 0. The Labute approximate surface area is 351 Å². The lowest BCUT2D eigenvalue weighted by atomic mass is 10.1. The fraction of sp³-hybridized carbons (Fsp3) is 0.706. The van der Waals surface area contributed by atoms with Crippen LogP contribution >= 0.6 is 0 Å². The van der Waals surface area contributed by atoms with E-state index in [1.165, 1.54) is 64.2 Å². The van der Waals surface area contributed by atoms with Gasteiger partial charge in [0, 0.05) is 19.3 Å². The van der Waals surface area contributed by atoms with Gasteiger partial charge in [-0.2, -0.15) is 0 Å². The van der Waals surface area contributed by atoms with E-state index in [-0.39, 0.29) is 37.5 Å². The summed E-state index contributed by atoms with van der Waals surface area (Å²) in [4.78, 5) is 37.7. The summed E-state index contributed by atoms with van der Waals surface area (Å²) in [5.74, 6) is -0.961. The standard InChI is InChI=1S/C51H86O6/c1-4-7-10-13-16-19-21-23-25-27-28-30-32-35-38-41-44-50(53)56-47-48(46-55-49(52)43-40-37-34-18-15-12-9-6-3)57-51(54)45-42-39-36-33-31-29-26-24-22-20-17-14-11-8-5-2/h8,11,17,19-21,24-27,31,33,48H,4-7,9-10,12-16,18,22-23,28-30,32,34-47H2,1-3H3/b11-8-,20-17-,21-19-,26-24-,27-25-,33-31-. The molecule has 6 heteroatoms. The molecule has 0 saturated carbocycles. The van der Waals surface area contributed by atoms with E-state index in [2.05, 4.69) is 93.7 Å². The van der Waals surface area contributed by atoms with Crippen LogP contribution in [-0.2, 0) is 28.6 Å². The lowest BCUT2D eigenvalue weighted by molar-refractivity contribution is -0.167. The second kappa shape index (κ2) is 45.6. The minimum absolute atomic E-state index is 0.0966. The topological polar surface area (TPSA) is 78.9 Å². The highest BCUT2D eigenvalue weighted by atomic mass is 16.6. The van der Waals surface area contributed by atoms with Gasteiger partial charge in [0.1, 0.15) is 13.2 Å². The maximum atomic E-state index is 12.7. The van der Waals surface area contributed by atoms with Gasteiger partial charge in [-0.25, -0.2) is 0 Å². The van der Waals surface area contributed by atoms with Crippen LogP contribution in [0.25, 0.3) is 0 Å². The Kier molecular flexibility index (Phi) is 43.0. The minimum atomic E-state index is -0.798. The molecular formula is C51H86O6. The van der Waals surface area contributed by atoms with Gasteiger partial charge in [0.2, 0.25) is 0 Å². The van der Waals surface area contributed by atoms with E-state index in [4.69, 9.17) is 14.2 Å². The summed E-state index contributed by atoms with van der Waals surface area (Å²) < 4.78 is 16.6. The molecule has 0 spiro atoms. The molecule has 0 bridgehead atoms. The maximum Gasteiger partial charge on any atom is 0.306 e. The van der Waals surface area contributed by atoms with Crippen molar-refractivity contribution in [2.24, 2.45) is 0 Å². The van der Waals surface area contributed by atoms with Gasteiger partial charge >= 0.3 is 17.9 Å². The van der Waals surface area contributed by atoms with Crippen molar-refractivity contribution in [3.05, 3.63) is 72.9 Å². The molecule has 57 heavy (non-hydrogen) atoms. The number of hydrogen-bond donors (Lipinski definition) is 0. The third-order valence-electron chi connectivity index (χ3n) is 9.70. The zero-order valence-electron chi connectivity index (χ0n) is 37.1. The van der Waals surface area contributed by atoms with E-state index in [0.717, 1.165) is 103 Å². The molecule has 0 rings (SSSR count). The molecule has 0 aromatic heterocycles. The Morgan fingerprint density at radius 1 is 0.368 bits per heavy atom. The van der Waals surface area contributed by atoms with E-state index in [1.54, 1.807) is 0 Å². The van der Waals surface area contributed by atoms with Crippen LogP contribution in [0.2, 0.25) is 0 Å². The molecule has 0 aromatic carbocycles. The van der Waals surface area contributed by atoms with Crippen LogP contribution in [0.5, 0.6) is 0 Å². The fourth-order valence-electron chi connectivity index (χ4n) is 6.17. The summed E-state index contributed by atoms with van der Waals surface area (Å²) in [6, 6.07) is 0. The van der Waals surface area contributed by atoms with Crippen molar-refractivity contribution in [1.82, 2.24) is 0 Å². The molecule has 1 unspecified atom stereocenters. The van der Waals surface area contributed by atoms with Crippen LogP contribution < -0.4 is 0 Å². The quantitative estimate of drug-likeness (QED) is 0.0265. The number of ether oxygens (including phenoxy) is 3. The smallest absolute Gasteiger partial charge is 0.306 e. The van der Waals surface area contributed by atoms with Crippen molar-refractivity contribution in [1.29, 1.82) is 0 Å². The van der Waals surface area contributed by atoms with Gasteiger partial charge < -0.3 is 14.2 Å². The lowest BCUT2D eigenvalue weighted by Crippen LogP contribution is -2.30. The van der Waals surface area contributed by atoms with Crippen LogP contribution in [0.1, 0.15) is 213 Å². The van der Waals surface area contributed by atoms with E-state index >= 15 is 0 Å². The molecule has 0 saturated heterocycles. The van der Waals surface area contributed by atoms with Crippen molar-refractivity contribution in [2.75, 3.05) is 13.2 Å². The molecule has 0 radical (unpaired) electrons. The highest BCUT2D eigenvalue weighted by molar-refractivity contribution is 5.71. The van der Waals surface area contributed by atoms with Crippen molar-refractivity contribution in [2.45, 2.75) is 219 Å². The minimum Gasteiger partial charge on any atom is -0.462 e. The predicted molar refractivity (Wildman–Crippen MR) is 242 cm³/mol. The first-order chi connectivity index (χ1) is 28.0. The van der Waals surface area contributed by atoms with E-state index < -0.39 is 6.10 Å². The predicted octanol–water partition coefficient (Wildman–Crippen LogP) is 15.1. The molecular weight excluding hydrogens is 709 g/mol. The first kappa shape index (κ1) is 53.9. The normalized spacial score (nSPS) is 12.7. The fourth-order valence-corrected chi connectivity index (χ4v) is 6.17. The molecule has 0 aliphatic rings. The molecule has 0 aliphatic heterocycles. The van der Waals surface area contributed by atoms with Crippen LogP contribution in [0.4, 0.5) is 0 Å². The Hall–Kier alpha value is -3.15. The molecule has 0 amide bonds. The highest BCUT2D eigenvalue weighted by Gasteiger charge is 2.19. The monoisotopic (exact) mass is 795 g/mol. The van der Waals surface area contributed by atoms with E-state index in [0.29, 0.717) is 19.3 Å². The van der Waals surface area contributed by atoms with Gasteiger partial charge in [-0.05, 0) is 89.9 Å². The van der Waals surface area contributed by atoms with Gasteiger partial charge in [-0.15, -0.1) is 0 Å². The average Bonchev–Trinajstić information content (AvgIpc) is 3.21. The maximum absolute atomic E-state index is 12.7. The van der Waals surface area contributed by atoms with Crippen LogP contribution in [0, 0.1) is 0 Å². The molecule has 0 aliphatic carbocycles. The number of esters is 3. The van der Waals surface area contributed by atoms with Crippen LogP contribution in [-0.4, -0.2) is 37.2 Å². The second-order valence-electron chi connectivity index (χ2n) is 15.3. The Morgan fingerprint density at radius 2 is 0.684 bits per heavy atom. The number of carbonyl (C=O) groups is 3. The Bertz CT molecular complexity index is 1100. The van der Waals surface area contributed by atoms with Gasteiger partial charge in [0.05, 0.1) is 0 Å². The molecule has 326 valence electrons. The van der Waals surface area contributed by atoms with Gasteiger partial charge in [-0.3, -0.25) is 14.4 Å². The van der Waals surface area contributed by atoms with Gasteiger partial charge in [0.15, 0.2) is 6.10 Å². The molecule has 0 fully saturated rings. The molecule has 6 nitrogen and oxygen atoms in total. The first-order valence-electron chi connectivity index (χ1n) is 23.4. The second-order valence-corrected chi connectivity index (χ2v) is 15.3. The zero-order valence-corrected chi connectivity index (χ0v) is 37.1. The van der Waals surface area contributed by atoms with Crippen molar-refractivity contribution >= 4 is 17.9 Å². The third-order valence-corrected chi connectivity index (χ3v) is 9.70. The molecule has 0 aromatic rings. The van der Waals surface area contributed by atoms with Gasteiger partial charge in [-0.1, -0.05) is 177 Å². The van der Waals surface area contributed by atoms with Crippen LogP contribution in [0.15, 0.2) is 72.9 Å². The van der Waals surface area contributed by atoms with E-state index in [9.17, 15) is 14.4 Å². The number of unbranched alkanes of at least 4 members (excludes halogenated alkanes) is 18. The largest absolute Gasteiger partial charge is 0.462 e. The third kappa shape index (κ3) is 43.8. The highest BCUT2D eigenvalue weighted by Crippen LogP contribution is 2.13. The Balaban J connectivity index is 4.43. The summed E-state index contributed by atoms with van der Waals surface area (Å²) in [5.41, 5.74) is 0. The summed E-state index contributed by atoms with van der Waals surface area (Å²) in [6.45, 7) is 6.41. The Morgan fingerprint density at radius 3 is 1.12 bits per heavy atom. The van der Waals surface area contributed by atoms with Crippen molar-refractivity contribution < 1.29 is 28.6 Å². The number of allylic oxidation sites excluding steroid dienone is 12. The SMILES string of the molecule is CC/C=C\C/C=C\C/C=C\C/C=C\CCCCC(=O)OC(COC(=O)CCCCCCC/C=C\C/C=C\CCCCCC)COC(=O)CCCCCCCCCC. The van der Waals surface area contributed by atoms with Gasteiger partial charge in [0.25, 0.3) is 0 Å². The lowest BCUT2D eigenvalue weighted by Gasteiger charge is -2.18. The molecule has 1 atom stereocenters. The zero-order chi connectivity index (χ0) is 41.5.